The van der Waals surface area contributed by atoms with Crippen molar-refractivity contribution in [3.05, 3.63) is 86.4 Å². The minimum absolute atomic E-state index is 0.157. The van der Waals surface area contributed by atoms with Crippen LogP contribution in [0.2, 0.25) is 5.02 Å². The molecule has 0 aliphatic heterocycles. The van der Waals surface area contributed by atoms with Gasteiger partial charge in [-0.2, -0.15) is 0 Å². The molecule has 3 aromatic heterocycles. The highest BCUT2D eigenvalue weighted by Gasteiger charge is 2.17. The van der Waals surface area contributed by atoms with Crippen LogP contribution in [-0.4, -0.2) is 30.0 Å². The first-order chi connectivity index (χ1) is 15.5. The van der Waals surface area contributed by atoms with Crippen molar-refractivity contribution in [1.29, 1.82) is 0 Å². The molecule has 9 nitrogen and oxygen atoms in total. The summed E-state index contributed by atoms with van der Waals surface area (Å²) < 4.78 is 2.25. The summed E-state index contributed by atoms with van der Waals surface area (Å²) in [6, 6.07) is 10.5. The van der Waals surface area contributed by atoms with Gasteiger partial charge in [-0.15, -0.1) is 0 Å². The molecule has 162 valence electrons. The minimum Gasteiger partial charge on any atom is -0.350 e. The Morgan fingerprint density at radius 2 is 1.88 bits per heavy atom. The Balaban J connectivity index is 1.69. The third-order valence-electron chi connectivity index (χ3n) is 4.89. The summed E-state index contributed by atoms with van der Waals surface area (Å²) in [5.74, 6) is -0.101. The summed E-state index contributed by atoms with van der Waals surface area (Å²) in [5, 5.41) is 3.42. The van der Waals surface area contributed by atoms with Gasteiger partial charge in [0.05, 0.1) is 0 Å². The van der Waals surface area contributed by atoms with Crippen LogP contribution in [-0.2, 0) is 24.4 Å². The lowest BCUT2D eigenvalue weighted by Gasteiger charge is -2.13. The standard InChI is InChI=1S/C22H19ClN6O3/c1-2-28-20-17(12-26-19(27-20)15-5-7-16(23)8-6-15)21(31)29(22(28)32)13-18(30)25-11-14-4-3-9-24-10-14/h3-10,12H,2,11,13H2,1H3,(H,25,30). The van der Waals surface area contributed by atoms with Crippen molar-refractivity contribution in [3.63, 3.8) is 0 Å². The number of hydrogen-bond acceptors (Lipinski definition) is 6. The van der Waals surface area contributed by atoms with Crippen molar-refractivity contribution in [2.45, 2.75) is 26.6 Å². The van der Waals surface area contributed by atoms with E-state index in [4.69, 9.17) is 11.6 Å². The van der Waals surface area contributed by atoms with E-state index >= 15 is 0 Å². The van der Waals surface area contributed by atoms with Crippen LogP contribution < -0.4 is 16.6 Å². The van der Waals surface area contributed by atoms with Gasteiger partial charge >= 0.3 is 5.69 Å². The van der Waals surface area contributed by atoms with Crippen LogP contribution in [0.4, 0.5) is 0 Å². The highest BCUT2D eigenvalue weighted by molar-refractivity contribution is 6.30. The minimum atomic E-state index is -0.617. The van der Waals surface area contributed by atoms with Gasteiger partial charge < -0.3 is 5.32 Å². The summed E-state index contributed by atoms with van der Waals surface area (Å²) in [6.07, 6.45) is 4.64. The van der Waals surface area contributed by atoms with Crippen molar-refractivity contribution in [3.8, 4) is 11.4 Å². The zero-order valence-electron chi connectivity index (χ0n) is 17.2. The highest BCUT2D eigenvalue weighted by atomic mass is 35.5. The van der Waals surface area contributed by atoms with Crippen LogP contribution in [0.15, 0.2) is 64.6 Å². The second-order valence-electron chi connectivity index (χ2n) is 6.99. The molecule has 0 saturated carbocycles. The number of pyridine rings is 1. The van der Waals surface area contributed by atoms with Crippen molar-refractivity contribution in [2.24, 2.45) is 0 Å². The van der Waals surface area contributed by atoms with Gasteiger partial charge in [-0.05, 0) is 42.8 Å². The van der Waals surface area contributed by atoms with E-state index < -0.39 is 23.7 Å². The van der Waals surface area contributed by atoms with E-state index in [0.29, 0.717) is 16.4 Å². The first kappa shape index (κ1) is 21.4. The summed E-state index contributed by atoms with van der Waals surface area (Å²) in [6.45, 7) is 1.86. The number of carbonyl (C=O) groups excluding carboxylic acids is 1. The fraction of sp³-hybridized carbons (Fsp3) is 0.182. The molecular formula is C22H19ClN6O3. The Kier molecular flexibility index (Phi) is 6.09. The van der Waals surface area contributed by atoms with Crippen LogP contribution >= 0.6 is 11.6 Å². The highest BCUT2D eigenvalue weighted by Crippen LogP contribution is 2.19. The molecule has 32 heavy (non-hydrogen) atoms. The Morgan fingerprint density at radius 3 is 2.56 bits per heavy atom. The number of rotatable bonds is 6. The number of carbonyl (C=O) groups is 1. The number of benzene rings is 1. The van der Waals surface area contributed by atoms with Crippen molar-refractivity contribution >= 4 is 28.5 Å². The average Bonchev–Trinajstić information content (AvgIpc) is 2.81. The summed E-state index contributed by atoms with van der Waals surface area (Å²) >= 11 is 5.93. The molecule has 0 unspecified atom stereocenters. The molecular weight excluding hydrogens is 432 g/mol. The van der Waals surface area contributed by atoms with Crippen LogP contribution in [0.25, 0.3) is 22.4 Å². The van der Waals surface area contributed by atoms with Crippen molar-refractivity contribution in [2.75, 3.05) is 0 Å². The van der Waals surface area contributed by atoms with E-state index in [9.17, 15) is 14.4 Å². The first-order valence-electron chi connectivity index (χ1n) is 9.90. The molecule has 0 aliphatic carbocycles. The molecule has 1 amide bonds. The summed E-state index contributed by atoms with van der Waals surface area (Å²) in [4.78, 5) is 51.1. The van der Waals surface area contributed by atoms with E-state index in [0.717, 1.165) is 10.1 Å². The predicted octanol–water partition coefficient (Wildman–Crippen LogP) is 2.00. The molecule has 1 N–H and O–H groups in total. The van der Waals surface area contributed by atoms with Gasteiger partial charge in [-0.25, -0.2) is 14.8 Å². The lowest BCUT2D eigenvalue weighted by molar-refractivity contribution is -0.121. The number of halogens is 1. The van der Waals surface area contributed by atoms with Gasteiger partial charge in [0, 0.05) is 42.3 Å². The Bertz CT molecular complexity index is 1400. The average molecular weight is 451 g/mol. The quantitative estimate of drug-likeness (QED) is 0.481. The van der Waals surface area contributed by atoms with Gasteiger partial charge in [-0.3, -0.25) is 23.7 Å². The second-order valence-corrected chi connectivity index (χ2v) is 7.43. The van der Waals surface area contributed by atoms with Crippen molar-refractivity contribution in [1.82, 2.24) is 29.4 Å². The normalized spacial score (nSPS) is 10.9. The molecule has 4 rings (SSSR count). The summed E-state index contributed by atoms with van der Waals surface area (Å²) in [7, 11) is 0. The number of aryl methyl sites for hydroxylation is 1. The topological polar surface area (TPSA) is 112 Å². The van der Waals surface area contributed by atoms with Gasteiger partial charge in [0.1, 0.15) is 11.9 Å². The van der Waals surface area contributed by atoms with Crippen LogP contribution in [0, 0.1) is 0 Å². The van der Waals surface area contributed by atoms with Crippen LogP contribution in [0.3, 0.4) is 0 Å². The maximum absolute atomic E-state index is 13.0. The molecule has 0 spiro atoms. The Hall–Kier alpha value is -3.85. The van der Waals surface area contributed by atoms with E-state index in [1.54, 1.807) is 49.6 Å². The van der Waals surface area contributed by atoms with Crippen LogP contribution in [0.5, 0.6) is 0 Å². The van der Waals surface area contributed by atoms with Gasteiger partial charge in [0.2, 0.25) is 5.91 Å². The molecule has 0 radical (unpaired) electrons. The van der Waals surface area contributed by atoms with Gasteiger partial charge in [0.15, 0.2) is 11.5 Å². The molecule has 0 bridgehead atoms. The Morgan fingerprint density at radius 1 is 1.09 bits per heavy atom. The molecule has 10 heteroatoms. The fourth-order valence-corrected chi connectivity index (χ4v) is 3.39. The van der Waals surface area contributed by atoms with E-state index in [2.05, 4.69) is 20.3 Å². The third-order valence-corrected chi connectivity index (χ3v) is 5.15. The lowest BCUT2D eigenvalue weighted by atomic mass is 10.2. The fourth-order valence-electron chi connectivity index (χ4n) is 3.26. The first-order valence-corrected chi connectivity index (χ1v) is 10.3. The third kappa shape index (κ3) is 4.28. The number of fused-ring (bicyclic) bond motifs is 1. The molecule has 1 aromatic carbocycles. The smallest absolute Gasteiger partial charge is 0.333 e. The number of amides is 1. The van der Waals surface area contributed by atoms with Gasteiger partial charge in [-0.1, -0.05) is 17.7 Å². The maximum Gasteiger partial charge on any atom is 0.333 e. The molecule has 0 fully saturated rings. The zero-order valence-corrected chi connectivity index (χ0v) is 17.9. The maximum atomic E-state index is 13.0. The molecule has 3 heterocycles. The monoisotopic (exact) mass is 450 g/mol. The number of nitrogens with zero attached hydrogens (tertiary/aromatic N) is 5. The molecule has 0 atom stereocenters. The molecule has 4 aromatic rings. The van der Waals surface area contributed by atoms with E-state index in [-0.39, 0.29) is 24.1 Å². The Labute approximate surface area is 187 Å². The summed E-state index contributed by atoms with van der Waals surface area (Å²) in [5.41, 5.74) is 0.497. The lowest BCUT2D eigenvalue weighted by Crippen LogP contribution is -2.44. The molecule has 0 saturated heterocycles. The van der Waals surface area contributed by atoms with Crippen LogP contribution in [0.1, 0.15) is 12.5 Å². The zero-order chi connectivity index (χ0) is 22.7. The van der Waals surface area contributed by atoms with E-state index in [1.807, 2.05) is 6.07 Å². The SMILES string of the molecule is CCn1c(=O)n(CC(=O)NCc2cccnc2)c(=O)c2cnc(-c3ccc(Cl)cc3)nc21. The van der Waals surface area contributed by atoms with Gasteiger partial charge in [0.25, 0.3) is 5.56 Å². The number of nitrogens with one attached hydrogen (secondary N) is 1. The second kappa shape index (κ2) is 9.11. The predicted molar refractivity (Wildman–Crippen MR) is 120 cm³/mol. The largest absolute Gasteiger partial charge is 0.350 e. The van der Waals surface area contributed by atoms with Crippen molar-refractivity contribution < 1.29 is 4.79 Å². The van der Waals surface area contributed by atoms with E-state index in [1.165, 1.54) is 10.8 Å². The number of hydrogen-bond donors (Lipinski definition) is 1. The number of aromatic nitrogens is 5. The molecule has 0 aliphatic rings.